The number of alkyl carbamates (subject to hydrolysis) is 1. The van der Waals surface area contributed by atoms with Crippen molar-refractivity contribution in [3.05, 3.63) is 35.4 Å². The van der Waals surface area contributed by atoms with Crippen LogP contribution in [0.15, 0.2) is 24.3 Å². The summed E-state index contributed by atoms with van der Waals surface area (Å²) in [6.07, 6.45) is -0.768. The van der Waals surface area contributed by atoms with Crippen LogP contribution in [0.3, 0.4) is 0 Å². The second kappa shape index (κ2) is 7.62. The van der Waals surface area contributed by atoms with Crippen molar-refractivity contribution >= 4 is 18.0 Å². The number of carboxylic acids is 1. The first kappa shape index (κ1) is 18.5. The summed E-state index contributed by atoms with van der Waals surface area (Å²) in [5.74, 6) is -1.56. The van der Waals surface area contributed by atoms with Gasteiger partial charge in [0.15, 0.2) is 0 Å². The van der Waals surface area contributed by atoms with Gasteiger partial charge in [0, 0.05) is 0 Å². The largest absolute Gasteiger partial charge is 0.478 e. The monoisotopic (exact) mass is 323 g/mol. The number of esters is 1. The molecule has 0 fully saturated rings. The molecule has 0 saturated carbocycles. The maximum Gasteiger partial charge on any atom is 0.408 e. The van der Waals surface area contributed by atoms with E-state index in [2.05, 4.69) is 10.1 Å². The summed E-state index contributed by atoms with van der Waals surface area (Å²) in [4.78, 5) is 34.3. The Balaban J connectivity index is 2.93. The van der Waals surface area contributed by atoms with Crippen LogP contribution in [0, 0.1) is 0 Å². The zero-order chi connectivity index (χ0) is 17.6. The molecule has 0 bridgehead atoms. The Labute approximate surface area is 134 Å². The lowest BCUT2D eigenvalue weighted by molar-refractivity contribution is -0.141. The Morgan fingerprint density at radius 3 is 2.17 bits per heavy atom. The number of methoxy groups -OCH3 is 1. The van der Waals surface area contributed by atoms with Crippen molar-refractivity contribution < 1.29 is 29.0 Å². The zero-order valence-corrected chi connectivity index (χ0v) is 13.6. The van der Waals surface area contributed by atoms with Crippen molar-refractivity contribution in [1.82, 2.24) is 5.32 Å². The summed E-state index contributed by atoms with van der Waals surface area (Å²) in [5.41, 5.74) is 0.0154. The fourth-order valence-corrected chi connectivity index (χ4v) is 1.81. The predicted molar refractivity (Wildman–Crippen MR) is 82.1 cm³/mol. The molecule has 23 heavy (non-hydrogen) atoms. The Kier molecular flexibility index (Phi) is 6.12. The van der Waals surface area contributed by atoms with Crippen LogP contribution in [-0.4, -0.2) is 35.8 Å². The van der Waals surface area contributed by atoms with Gasteiger partial charge in [0.05, 0.1) is 25.1 Å². The standard InChI is InChI=1S/C16H21NO6/c1-16(2,3)23-15(21)17-12(9-13(18)22-4)10-5-7-11(8-6-10)14(19)20/h5-8,12H,9H2,1-4H3,(H,17,21)(H,19,20). The molecule has 0 heterocycles. The number of ether oxygens (including phenoxy) is 2. The number of rotatable bonds is 5. The number of hydrogen-bond donors (Lipinski definition) is 2. The SMILES string of the molecule is COC(=O)CC(NC(=O)OC(C)(C)C)c1ccc(C(=O)O)cc1. The second-order valence-electron chi connectivity index (χ2n) is 5.91. The van der Waals surface area contributed by atoms with Crippen molar-refractivity contribution in [2.45, 2.75) is 38.8 Å². The molecule has 7 nitrogen and oxygen atoms in total. The summed E-state index contributed by atoms with van der Waals surface area (Å²) in [6, 6.07) is 5.19. The molecule has 0 aliphatic rings. The predicted octanol–water partition coefficient (Wildman–Crippen LogP) is 2.51. The van der Waals surface area contributed by atoms with E-state index in [0.29, 0.717) is 5.56 Å². The highest BCUT2D eigenvalue weighted by Gasteiger charge is 2.23. The van der Waals surface area contributed by atoms with Crippen molar-refractivity contribution in [1.29, 1.82) is 0 Å². The molecule has 1 aromatic carbocycles. The Morgan fingerprint density at radius 2 is 1.74 bits per heavy atom. The van der Waals surface area contributed by atoms with E-state index in [1.807, 2.05) is 0 Å². The number of carbonyl (C=O) groups excluding carboxylic acids is 2. The van der Waals surface area contributed by atoms with E-state index in [9.17, 15) is 14.4 Å². The summed E-state index contributed by atoms with van der Waals surface area (Å²) in [7, 11) is 1.25. The van der Waals surface area contributed by atoms with E-state index in [4.69, 9.17) is 9.84 Å². The molecule has 0 saturated heterocycles. The molecule has 1 atom stereocenters. The molecule has 1 unspecified atom stereocenters. The lowest BCUT2D eigenvalue weighted by Gasteiger charge is -2.23. The third-order valence-electron chi connectivity index (χ3n) is 2.85. The van der Waals surface area contributed by atoms with Crippen molar-refractivity contribution in [3.8, 4) is 0 Å². The minimum Gasteiger partial charge on any atom is -0.478 e. The molecule has 0 radical (unpaired) electrons. The van der Waals surface area contributed by atoms with E-state index in [1.54, 1.807) is 20.8 Å². The lowest BCUT2D eigenvalue weighted by Crippen LogP contribution is -2.36. The van der Waals surface area contributed by atoms with Crippen LogP contribution in [0.4, 0.5) is 4.79 Å². The van der Waals surface area contributed by atoms with Gasteiger partial charge in [0.2, 0.25) is 0 Å². The summed E-state index contributed by atoms with van der Waals surface area (Å²) < 4.78 is 9.79. The normalized spacial score (nSPS) is 12.2. The number of aromatic carboxylic acids is 1. The Hall–Kier alpha value is -2.57. The van der Waals surface area contributed by atoms with Gasteiger partial charge in [-0.2, -0.15) is 0 Å². The van der Waals surface area contributed by atoms with Gasteiger partial charge >= 0.3 is 18.0 Å². The minimum absolute atomic E-state index is 0.0951. The Bertz CT molecular complexity index is 573. The van der Waals surface area contributed by atoms with Gasteiger partial charge in [-0.05, 0) is 38.5 Å². The fourth-order valence-electron chi connectivity index (χ4n) is 1.81. The highest BCUT2D eigenvalue weighted by molar-refractivity contribution is 5.87. The van der Waals surface area contributed by atoms with Gasteiger partial charge in [-0.25, -0.2) is 9.59 Å². The minimum atomic E-state index is -1.05. The molecule has 1 amide bonds. The summed E-state index contributed by atoms with van der Waals surface area (Å²) in [5, 5.41) is 11.5. The average Bonchev–Trinajstić information content (AvgIpc) is 2.44. The van der Waals surface area contributed by atoms with E-state index in [1.165, 1.54) is 31.4 Å². The quantitative estimate of drug-likeness (QED) is 0.807. The molecule has 0 aromatic heterocycles. The first-order valence-electron chi connectivity index (χ1n) is 7.02. The summed E-state index contributed by atoms with van der Waals surface area (Å²) in [6.45, 7) is 5.18. The van der Waals surface area contributed by atoms with E-state index in [-0.39, 0.29) is 12.0 Å². The van der Waals surface area contributed by atoms with E-state index in [0.717, 1.165) is 0 Å². The van der Waals surface area contributed by atoms with Gasteiger partial charge in [-0.1, -0.05) is 12.1 Å². The third-order valence-corrected chi connectivity index (χ3v) is 2.85. The van der Waals surface area contributed by atoms with Crippen molar-refractivity contribution in [3.63, 3.8) is 0 Å². The van der Waals surface area contributed by atoms with Gasteiger partial charge < -0.3 is 19.9 Å². The van der Waals surface area contributed by atoms with E-state index >= 15 is 0 Å². The van der Waals surface area contributed by atoms with Crippen LogP contribution in [0.1, 0.15) is 49.2 Å². The molecule has 1 aromatic rings. The smallest absolute Gasteiger partial charge is 0.408 e. The maximum atomic E-state index is 11.9. The number of hydrogen-bond acceptors (Lipinski definition) is 5. The molecule has 2 N–H and O–H groups in total. The average molecular weight is 323 g/mol. The van der Waals surface area contributed by atoms with Crippen molar-refractivity contribution in [2.24, 2.45) is 0 Å². The maximum absolute atomic E-state index is 11.9. The van der Waals surface area contributed by atoms with Crippen LogP contribution in [0.2, 0.25) is 0 Å². The number of carbonyl (C=O) groups is 3. The van der Waals surface area contributed by atoms with Gasteiger partial charge in [-0.3, -0.25) is 4.79 Å². The first-order valence-corrected chi connectivity index (χ1v) is 7.02. The fraction of sp³-hybridized carbons (Fsp3) is 0.438. The van der Waals surface area contributed by atoms with Crippen LogP contribution >= 0.6 is 0 Å². The molecule has 126 valence electrons. The zero-order valence-electron chi connectivity index (χ0n) is 13.6. The first-order chi connectivity index (χ1) is 10.6. The topological polar surface area (TPSA) is 102 Å². The number of amides is 1. The second-order valence-corrected chi connectivity index (χ2v) is 5.91. The number of nitrogens with one attached hydrogen (secondary N) is 1. The highest BCUT2D eigenvalue weighted by atomic mass is 16.6. The molecular formula is C16H21NO6. The number of carboxylic acid groups (broad SMARTS) is 1. The van der Waals surface area contributed by atoms with Crippen LogP contribution in [0.25, 0.3) is 0 Å². The summed E-state index contributed by atoms with van der Waals surface area (Å²) >= 11 is 0. The molecular weight excluding hydrogens is 302 g/mol. The van der Waals surface area contributed by atoms with Gasteiger partial charge in [0.1, 0.15) is 5.60 Å². The van der Waals surface area contributed by atoms with Crippen molar-refractivity contribution in [2.75, 3.05) is 7.11 Å². The molecule has 0 aliphatic carbocycles. The third kappa shape index (κ3) is 6.37. The van der Waals surface area contributed by atoms with Crippen LogP contribution < -0.4 is 5.32 Å². The van der Waals surface area contributed by atoms with Crippen LogP contribution in [0.5, 0.6) is 0 Å². The molecule has 1 rings (SSSR count). The van der Waals surface area contributed by atoms with Gasteiger partial charge in [-0.15, -0.1) is 0 Å². The molecule has 7 heteroatoms. The van der Waals surface area contributed by atoms with Gasteiger partial charge in [0.25, 0.3) is 0 Å². The molecule has 0 spiro atoms. The Morgan fingerprint density at radius 1 is 1.17 bits per heavy atom. The molecule has 0 aliphatic heterocycles. The lowest BCUT2D eigenvalue weighted by atomic mass is 10.0. The highest BCUT2D eigenvalue weighted by Crippen LogP contribution is 2.19. The van der Waals surface area contributed by atoms with Crippen LogP contribution in [-0.2, 0) is 14.3 Å². The van der Waals surface area contributed by atoms with E-state index < -0.39 is 29.7 Å². The number of benzene rings is 1.